The number of carbonyl (C=O) groups excluding carboxylic acids is 1. The molecule has 0 unspecified atom stereocenters. The molecular formula is C5H5F3O4S. The van der Waals surface area contributed by atoms with E-state index in [4.69, 9.17) is 0 Å². The van der Waals surface area contributed by atoms with Gasteiger partial charge in [-0.1, -0.05) is 6.58 Å². The van der Waals surface area contributed by atoms with Crippen LogP contribution in [0, 0.1) is 0 Å². The number of carbonyl (C=O) groups is 1. The van der Waals surface area contributed by atoms with E-state index in [1.807, 2.05) is 0 Å². The van der Waals surface area contributed by atoms with E-state index in [2.05, 4.69) is 10.8 Å². The highest BCUT2D eigenvalue weighted by Crippen LogP contribution is 2.25. The molecule has 0 rings (SSSR count). The van der Waals surface area contributed by atoms with Gasteiger partial charge in [-0.25, -0.2) is 4.79 Å². The van der Waals surface area contributed by atoms with Crippen molar-refractivity contribution >= 4 is 16.1 Å². The van der Waals surface area contributed by atoms with Gasteiger partial charge in [-0.05, 0) is 6.92 Å². The van der Waals surface area contributed by atoms with Gasteiger partial charge in [0.2, 0.25) is 0 Å². The topological polar surface area (TPSA) is 60.4 Å². The standard InChI is InChI=1S/C5H5F3O4S/c1-3(2)4(9)12-13(10,11)5(6,7)8/h1H2,2H3. The molecule has 0 N–H and O–H groups in total. The van der Waals surface area contributed by atoms with Crippen LogP contribution in [-0.2, 0) is 19.1 Å². The number of alkyl halides is 3. The maximum Gasteiger partial charge on any atom is 0.534 e. The molecule has 0 aromatic heterocycles. The number of rotatable bonds is 2. The molecule has 0 aliphatic heterocycles. The molecule has 0 spiro atoms. The Balaban J connectivity index is 4.75. The van der Waals surface area contributed by atoms with Gasteiger partial charge >= 0.3 is 21.6 Å². The van der Waals surface area contributed by atoms with Crippen LogP contribution >= 0.6 is 0 Å². The number of hydrogen-bond acceptors (Lipinski definition) is 4. The van der Waals surface area contributed by atoms with Crippen LogP contribution in [0.5, 0.6) is 0 Å². The normalized spacial score (nSPS) is 12.3. The van der Waals surface area contributed by atoms with Crippen LogP contribution in [-0.4, -0.2) is 19.9 Å². The number of halogens is 3. The molecular weight excluding hydrogens is 213 g/mol. The van der Waals surface area contributed by atoms with E-state index in [0.717, 1.165) is 6.92 Å². The van der Waals surface area contributed by atoms with Gasteiger partial charge in [0.25, 0.3) is 0 Å². The van der Waals surface area contributed by atoms with Gasteiger partial charge in [0.15, 0.2) is 0 Å². The lowest BCUT2D eigenvalue weighted by molar-refractivity contribution is -0.132. The van der Waals surface area contributed by atoms with E-state index in [0.29, 0.717) is 0 Å². The fourth-order valence-corrected chi connectivity index (χ4v) is 0.654. The van der Waals surface area contributed by atoms with Crippen molar-refractivity contribution in [3.8, 4) is 0 Å². The molecule has 0 aromatic carbocycles. The summed E-state index contributed by atoms with van der Waals surface area (Å²) < 4.78 is 58.2. The van der Waals surface area contributed by atoms with Crippen molar-refractivity contribution in [1.82, 2.24) is 0 Å². The second-order valence-electron chi connectivity index (χ2n) is 2.05. The summed E-state index contributed by atoms with van der Waals surface area (Å²) in [4.78, 5) is 10.4. The second kappa shape index (κ2) is 3.36. The molecule has 0 saturated heterocycles. The quantitative estimate of drug-likeness (QED) is 0.393. The lowest BCUT2D eigenvalue weighted by Gasteiger charge is -2.07. The zero-order chi connectivity index (χ0) is 10.9. The lowest BCUT2D eigenvalue weighted by atomic mass is 10.4. The summed E-state index contributed by atoms with van der Waals surface area (Å²) in [6.07, 6.45) is 0. The average Bonchev–Trinajstić information content (AvgIpc) is 1.83. The van der Waals surface area contributed by atoms with Crippen LogP contribution in [0.4, 0.5) is 13.2 Å². The summed E-state index contributed by atoms with van der Waals surface area (Å²) in [6.45, 7) is 3.94. The Morgan fingerprint density at radius 3 is 2.00 bits per heavy atom. The zero-order valence-electron chi connectivity index (χ0n) is 6.38. The first kappa shape index (κ1) is 11.9. The first-order valence-corrected chi connectivity index (χ1v) is 4.19. The first-order valence-electron chi connectivity index (χ1n) is 2.78. The zero-order valence-corrected chi connectivity index (χ0v) is 7.20. The Labute approximate surface area is 72.1 Å². The van der Waals surface area contributed by atoms with Gasteiger partial charge in [-0.3, -0.25) is 0 Å². The molecule has 4 nitrogen and oxygen atoms in total. The van der Waals surface area contributed by atoms with E-state index in [-0.39, 0.29) is 0 Å². The van der Waals surface area contributed by atoms with Gasteiger partial charge in [-0.2, -0.15) is 21.6 Å². The predicted octanol–water partition coefficient (Wildman–Crippen LogP) is 0.955. The Morgan fingerprint density at radius 2 is 1.77 bits per heavy atom. The average molecular weight is 218 g/mol. The Kier molecular flexibility index (Phi) is 3.09. The SMILES string of the molecule is C=C(C)C(=O)OS(=O)(=O)C(F)(F)F. The highest BCUT2D eigenvalue weighted by atomic mass is 32.2. The molecule has 0 saturated carbocycles. The monoisotopic (exact) mass is 218 g/mol. The molecule has 8 heteroatoms. The van der Waals surface area contributed by atoms with Crippen molar-refractivity contribution in [2.24, 2.45) is 0 Å². The largest absolute Gasteiger partial charge is 0.534 e. The van der Waals surface area contributed by atoms with Gasteiger partial charge in [0, 0.05) is 5.57 Å². The van der Waals surface area contributed by atoms with Crippen LogP contribution in [0.15, 0.2) is 12.2 Å². The van der Waals surface area contributed by atoms with Crippen molar-refractivity contribution < 1.29 is 30.6 Å². The molecule has 0 fully saturated rings. The van der Waals surface area contributed by atoms with Crippen LogP contribution in [0.25, 0.3) is 0 Å². The highest BCUT2D eigenvalue weighted by molar-refractivity contribution is 7.88. The molecule has 0 bridgehead atoms. The third kappa shape index (κ3) is 3.05. The molecule has 0 aromatic rings. The van der Waals surface area contributed by atoms with E-state index < -0.39 is 27.2 Å². The van der Waals surface area contributed by atoms with Gasteiger partial charge < -0.3 is 4.18 Å². The Bertz CT molecular complexity index is 326. The fraction of sp³-hybridized carbons (Fsp3) is 0.400. The second-order valence-corrected chi connectivity index (χ2v) is 3.59. The molecule has 0 amide bonds. The maximum absolute atomic E-state index is 11.6. The van der Waals surface area contributed by atoms with Crippen molar-refractivity contribution in [1.29, 1.82) is 0 Å². The van der Waals surface area contributed by atoms with Crippen LogP contribution < -0.4 is 0 Å². The minimum atomic E-state index is -5.85. The van der Waals surface area contributed by atoms with Crippen LogP contribution in [0.2, 0.25) is 0 Å². The van der Waals surface area contributed by atoms with Crippen molar-refractivity contribution in [3.05, 3.63) is 12.2 Å². The highest BCUT2D eigenvalue weighted by Gasteiger charge is 2.49. The van der Waals surface area contributed by atoms with Crippen LogP contribution in [0.3, 0.4) is 0 Å². The van der Waals surface area contributed by atoms with Gasteiger partial charge in [0.05, 0.1) is 0 Å². The lowest BCUT2D eigenvalue weighted by Crippen LogP contribution is -2.28. The molecule has 0 aliphatic rings. The van der Waals surface area contributed by atoms with Crippen molar-refractivity contribution in [2.45, 2.75) is 12.4 Å². The summed E-state index contributed by atoms with van der Waals surface area (Å²) in [6, 6.07) is 0. The van der Waals surface area contributed by atoms with Crippen LogP contribution in [0.1, 0.15) is 6.92 Å². The van der Waals surface area contributed by atoms with Crippen molar-refractivity contribution in [2.75, 3.05) is 0 Å². The molecule has 76 valence electrons. The summed E-state index contributed by atoms with van der Waals surface area (Å²) in [5, 5.41) is 0. The summed E-state index contributed by atoms with van der Waals surface area (Å²) in [5.41, 5.74) is -6.04. The summed E-state index contributed by atoms with van der Waals surface area (Å²) >= 11 is 0. The minimum Gasteiger partial charge on any atom is -0.335 e. The minimum absolute atomic E-state index is 0.437. The Hall–Kier alpha value is -1.05. The fourth-order valence-electron chi connectivity index (χ4n) is 0.218. The molecule has 13 heavy (non-hydrogen) atoms. The molecule has 0 heterocycles. The third-order valence-electron chi connectivity index (χ3n) is 0.817. The maximum atomic E-state index is 11.6. The number of hydrogen-bond donors (Lipinski definition) is 0. The third-order valence-corrected chi connectivity index (χ3v) is 1.76. The summed E-state index contributed by atoms with van der Waals surface area (Å²) in [5.74, 6) is -1.63. The van der Waals surface area contributed by atoms with E-state index in [1.54, 1.807) is 0 Å². The molecule has 0 radical (unpaired) electrons. The summed E-state index contributed by atoms with van der Waals surface area (Å²) in [7, 11) is -5.85. The van der Waals surface area contributed by atoms with Crippen molar-refractivity contribution in [3.63, 3.8) is 0 Å². The van der Waals surface area contributed by atoms with Gasteiger partial charge in [0.1, 0.15) is 0 Å². The van der Waals surface area contributed by atoms with E-state index in [9.17, 15) is 26.4 Å². The Morgan fingerprint density at radius 1 is 1.38 bits per heavy atom. The predicted molar refractivity (Wildman–Crippen MR) is 35.9 cm³/mol. The molecule has 0 aliphatic carbocycles. The smallest absolute Gasteiger partial charge is 0.335 e. The van der Waals surface area contributed by atoms with Gasteiger partial charge in [-0.15, -0.1) is 0 Å². The van der Waals surface area contributed by atoms with E-state index in [1.165, 1.54) is 0 Å². The molecule has 0 atom stereocenters. The van der Waals surface area contributed by atoms with E-state index >= 15 is 0 Å². The first-order chi connectivity index (χ1) is 5.58.